The van der Waals surface area contributed by atoms with Crippen molar-refractivity contribution in [3.63, 3.8) is 0 Å². The third kappa shape index (κ3) is 2.87. The van der Waals surface area contributed by atoms with Crippen LogP contribution >= 0.6 is 0 Å². The lowest BCUT2D eigenvalue weighted by atomic mass is 10.1. The summed E-state index contributed by atoms with van der Waals surface area (Å²) in [6, 6.07) is 8.24. The van der Waals surface area contributed by atoms with Crippen molar-refractivity contribution in [3.05, 3.63) is 60.2 Å². The summed E-state index contributed by atoms with van der Waals surface area (Å²) < 4.78 is 40.2. The molecule has 3 rings (SSSR count). The van der Waals surface area contributed by atoms with Crippen LogP contribution in [0.25, 0.3) is 0 Å². The Bertz CT molecular complexity index is 735. The van der Waals surface area contributed by atoms with E-state index in [0.717, 1.165) is 17.7 Å². The number of hydrogen-bond donors (Lipinski definition) is 1. The van der Waals surface area contributed by atoms with Crippen LogP contribution < -0.4 is 5.32 Å². The van der Waals surface area contributed by atoms with Crippen molar-refractivity contribution < 1.29 is 12.8 Å². The second-order valence-corrected chi connectivity index (χ2v) is 6.97. The van der Waals surface area contributed by atoms with Gasteiger partial charge in [-0.2, -0.15) is 4.31 Å². The summed E-state index contributed by atoms with van der Waals surface area (Å²) in [7, 11) is -3.68. The molecule has 1 aliphatic heterocycles. The van der Waals surface area contributed by atoms with Crippen LogP contribution in [0.3, 0.4) is 0 Å². The van der Waals surface area contributed by atoms with Gasteiger partial charge in [0, 0.05) is 32.0 Å². The van der Waals surface area contributed by atoms with E-state index in [1.807, 2.05) is 6.07 Å². The Labute approximate surface area is 128 Å². The number of hydrogen-bond acceptors (Lipinski definition) is 4. The highest BCUT2D eigenvalue weighted by Crippen LogP contribution is 2.28. The van der Waals surface area contributed by atoms with E-state index in [0.29, 0.717) is 19.6 Å². The van der Waals surface area contributed by atoms with E-state index in [2.05, 4.69) is 10.3 Å². The highest BCUT2D eigenvalue weighted by atomic mass is 32.2. The zero-order chi connectivity index (χ0) is 15.6. The Morgan fingerprint density at radius 1 is 1.23 bits per heavy atom. The van der Waals surface area contributed by atoms with E-state index < -0.39 is 15.8 Å². The van der Waals surface area contributed by atoms with Gasteiger partial charge in [0.2, 0.25) is 10.0 Å². The topological polar surface area (TPSA) is 62.3 Å². The van der Waals surface area contributed by atoms with Gasteiger partial charge >= 0.3 is 0 Å². The normalized spacial score (nSPS) is 20.0. The molecule has 0 bridgehead atoms. The Balaban J connectivity index is 1.98. The average molecular weight is 321 g/mol. The van der Waals surface area contributed by atoms with Gasteiger partial charge in [0.25, 0.3) is 0 Å². The van der Waals surface area contributed by atoms with Crippen LogP contribution in [0.5, 0.6) is 0 Å². The Hall–Kier alpha value is -1.83. The first-order chi connectivity index (χ1) is 10.6. The van der Waals surface area contributed by atoms with Crippen LogP contribution in [0.1, 0.15) is 11.6 Å². The summed E-state index contributed by atoms with van der Waals surface area (Å²) >= 11 is 0. The summed E-state index contributed by atoms with van der Waals surface area (Å²) in [6.07, 6.45) is 3.32. The second kappa shape index (κ2) is 6.12. The molecule has 1 unspecified atom stereocenters. The van der Waals surface area contributed by atoms with Crippen molar-refractivity contribution in [2.45, 2.75) is 10.9 Å². The van der Waals surface area contributed by atoms with Gasteiger partial charge in [-0.15, -0.1) is 0 Å². The first-order valence-corrected chi connectivity index (χ1v) is 8.41. The molecule has 22 heavy (non-hydrogen) atoms. The van der Waals surface area contributed by atoms with Crippen molar-refractivity contribution in [3.8, 4) is 0 Å². The zero-order valence-electron chi connectivity index (χ0n) is 11.8. The molecule has 1 aromatic heterocycles. The van der Waals surface area contributed by atoms with Crippen LogP contribution in [0.2, 0.25) is 0 Å². The molecule has 2 aromatic rings. The number of benzene rings is 1. The first kappa shape index (κ1) is 15.1. The molecule has 116 valence electrons. The molecule has 7 heteroatoms. The molecule has 0 aliphatic carbocycles. The molecular weight excluding hydrogens is 305 g/mol. The number of nitrogens with zero attached hydrogens (tertiary/aromatic N) is 2. The fraction of sp³-hybridized carbons (Fsp3) is 0.267. The van der Waals surface area contributed by atoms with Gasteiger partial charge < -0.3 is 5.32 Å². The van der Waals surface area contributed by atoms with Crippen LogP contribution in [-0.2, 0) is 10.0 Å². The highest BCUT2D eigenvalue weighted by molar-refractivity contribution is 7.89. The lowest BCUT2D eigenvalue weighted by molar-refractivity contribution is 0.271. The van der Waals surface area contributed by atoms with Gasteiger partial charge in [0.1, 0.15) is 5.82 Å². The predicted octanol–water partition coefficient (Wildman–Crippen LogP) is 1.56. The fourth-order valence-corrected chi connectivity index (χ4v) is 4.19. The molecule has 0 spiro atoms. The lowest BCUT2D eigenvalue weighted by Gasteiger charge is -2.35. The summed E-state index contributed by atoms with van der Waals surface area (Å²) in [6.45, 7) is 1.46. The van der Waals surface area contributed by atoms with Crippen molar-refractivity contribution in [1.29, 1.82) is 0 Å². The molecule has 2 heterocycles. The number of sulfonamides is 1. The standard InChI is InChI=1S/C15H16FN3O2S/c16-13-3-5-14(6-4-13)22(20,21)19-9-8-18-11-15(19)12-2-1-7-17-10-12/h1-7,10,15,18H,8-9,11H2. The lowest BCUT2D eigenvalue weighted by Crippen LogP contribution is -2.48. The number of aromatic nitrogens is 1. The molecule has 1 fully saturated rings. The summed E-state index contributed by atoms with van der Waals surface area (Å²) in [4.78, 5) is 4.16. The Morgan fingerprint density at radius 3 is 2.68 bits per heavy atom. The van der Waals surface area contributed by atoms with E-state index in [1.165, 1.54) is 16.4 Å². The summed E-state index contributed by atoms with van der Waals surface area (Å²) in [5, 5.41) is 3.20. The third-order valence-corrected chi connectivity index (χ3v) is 5.61. The maximum Gasteiger partial charge on any atom is 0.243 e. The smallest absolute Gasteiger partial charge is 0.243 e. The zero-order valence-corrected chi connectivity index (χ0v) is 12.6. The van der Waals surface area contributed by atoms with E-state index in [9.17, 15) is 12.8 Å². The molecule has 0 radical (unpaired) electrons. The monoisotopic (exact) mass is 321 g/mol. The number of pyridine rings is 1. The minimum atomic E-state index is -3.68. The molecule has 5 nitrogen and oxygen atoms in total. The predicted molar refractivity (Wildman–Crippen MR) is 80.1 cm³/mol. The minimum Gasteiger partial charge on any atom is -0.313 e. The molecule has 0 amide bonds. The quantitative estimate of drug-likeness (QED) is 0.932. The largest absolute Gasteiger partial charge is 0.313 e. The molecule has 1 aromatic carbocycles. The van der Waals surface area contributed by atoms with Crippen molar-refractivity contribution in [2.24, 2.45) is 0 Å². The van der Waals surface area contributed by atoms with E-state index >= 15 is 0 Å². The SMILES string of the molecule is O=S(=O)(c1ccc(F)cc1)N1CCNCC1c1cccnc1. The molecule has 1 saturated heterocycles. The van der Waals surface area contributed by atoms with Crippen LogP contribution in [0.4, 0.5) is 4.39 Å². The molecule has 1 aliphatic rings. The average Bonchev–Trinajstić information content (AvgIpc) is 2.56. The van der Waals surface area contributed by atoms with Crippen LogP contribution in [-0.4, -0.2) is 37.3 Å². The Kier molecular flexibility index (Phi) is 4.19. The van der Waals surface area contributed by atoms with Gasteiger partial charge in [0.05, 0.1) is 10.9 Å². The van der Waals surface area contributed by atoms with Crippen LogP contribution in [0.15, 0.2) is 53.7 Å². The maximum atomic E-state index is 13.0. The summed E-state index contributed by atoms with van der Waals surface area (Å²) in [5.41, 5.74) is 0.834. The second-order valence-electron chi connectivity index (χ2n) is 5.08. The molecule has 0 saturated carbocycles. The Morgan fingerprint density at radius 2 is 2.00 bits per heavy atom. The third-order valence-electron chi connectivity index (χ3n) is 3.68. The minimum absolute atomic E-state index is 0.102. The number of rotatable bonds is 3. The van der Waals surface area contributed by atoms with Gasteiger partial charge in [-0.3, -0.25) is 4.98 Å². The summed E-state index contributed by atoms with van der Waals surface area (Å²) in [5.74, 6) is -0.455. The number of piperazine rings is 1. The van der Waals surface area contributed by atoms with E-state index in [1.54, 1.807) is 18.5 Å². The van der Waals surface area contributed by atoms with Crippen molar-refractivity contribution in [1.82, 2.24) is 14.6 Å². The van der Waals surface area contributed by atoms with Gasteiger partial charge in [0.15, 0.2) is 0 Å². The first-order valence-electron chi connectivity index (χ1n) is 6.97. The van der Waals surface area contributed by atoms with Gasteiger partial charge in [-0.25, -0.2) is 12.8 Å². The van der Waals surface area contributed by atoms with E-state index in [4.69, 9.17) is 0 Å². The molecule has 1 atom stereocenters. The van der Waals surface area contributed by atoms with Gasteiger partial charge in [-0.1, -0.05) is 6.07 Å². The number of nitrogens with one attached hydrogen (secondary N) is 1. The van der Waals surface area contributed by atoms with Crippen molar-refractivity contribution in [2.75, 3.05) is 19.6 Å². The van der Waals surface area contributed by atoms with Crippen LogP contribution in [0, 0.1) is 5.82 Å². The van der Waals surface area contributed by atoms with E-state index in [-0.39, 0.29) is 10.9 Å². The maximum absolute atomic E-state index is 13.0. The van der Waals surface area contributed by atoms with Crippen molar-refractivity contribution >= 4 is 10.0 Å². The highest BCUT2D eigenvalue weighted by Gasteiger charge is 2.34. The molecular formula is C15H16FN3O2S. The van der Waals surface area contributed by atoms with Gasteiger partial charge in [-0.05, 0) is 35.9 Å². The fourth-order valence-electron chi connectivity index (χ4n) is 2.57. The number of halogens is 1. The molecule has 1 N–H and O–H groups in total.